The maximum absolute atomic E-state index is 10.8. The second kappa shape index (κ2) is 5.94. The van der Waals surface area contributed by atoms with Gasteiger partial charge in [-0.1, -0.05) is 0 Å². The Balaban J connectivity index is 1.91. The van der Waals surface area contributed by atoms with Gasteiger partial charge >= 0.3 is 0 Å². The van der Waals surface area contributed by atoms with Gasteiger partial charge in [0.2, 0.25) is 5.91 Å². The van der Waals surface area contributed by atoms with E-state index in [4.69, 9.17) is 9.47 Å². The quantitative estimate of drug-likeness (QED) is 0.609. The van der Waals surface area contributed by atoms with Gasteiger partial charge in [-0.25, -0.2) is 0 Å². The van der Waals surface area contributed by atoms with E-state index in [1.165, 1.54) is 0 Å². The maximum atomic E-state index is 10.8. The predicted octanol–water partition coefficient (Wildman–Crippen LogP) is 0.318. The van der Waals surface area contributed by atoms with Crippen LogP contribution < -0.4 is 5.32 Å². The first-order chi connectivity index (χ1) is 6.33. The van der Waals surface area contributed by atoms with Crippen molar-refractivity contribution in [3.8, 4) is 0 Å². The molecule has 0 aromatic heterocycles. The number of carbonyl (C=O) groups is 1. The Bertz CT molecular complexity index is 161. The Labute approximate surface area is 78.6 Å². The highest BCUT2D eigenvalue weighted by atomic mass is 16.5. The first-order valence-corrected chi connectivity index (χ1v) is 4.77. The SMILES string of the molecule is CCOCCOC[C@H]1CCC(=O)N1. The van der Waals surface area contributed by atoms with Crippen molar-refractivity contribution in [2.24, 2.45) is 0 Å². The molecule has 4 heteroatoms. The fourth-order valence-electron chi connectivity index (χ4n) is 1.29. The minimum absolute atomic E-state index is 0.137. The summed E-state index contributed by atoms with van der Waals surface area (Å²) in [4.78, 5) is 10.8. The summed E-state index contributed by atoms with van der Waals surface area (Å²) in [5.74, 6) is 0.137. The van der Waals surface area contributed by atoms with Crippen molar-refractivity contribution in [2.45, 2.75) is 25.8 Å². The smallest absolute Gasteiger partial charge is 0.220 e. The van der Waals surface area contributed by atoms with Crippen molar-refractivity contribution >= 4 is 5.91 Å². The van der Waals surface area contributed by atoms with Gasteiger partial charge in [-0.15, -0.1) is 0 Å². The zero-order valence-corrected chi connectivity index (χ0v) is 8.04. The van der Waals surface area contributed by atoms with E-state index >= 15 is 0 Å². The van der Waals surface area contributed by atoms with E-state index in [1.54, 1.807) is 0 Å². The lowest BCUT2D eigenvalue weighted by Crippen LogP contribution is -2.30. The van der Waals surface area contributed by atoms with Gasteiger partial charge in [-0.05, 0) is 13.3 Å². The van der Waals surface area contributed by atoms with Crippen LogP contribution in [-0.4, -0.2) is 38.4 Å². The second-order valence-corrected chi connectivity index (χ2v) is 3.07. The number of hydrogen-bond acceptors (Lipinski definition) is 3. The van der Waals surface area contributed by atoms with Gasteiger partial charge in [0.05, 0.1) is 25.9 Å². The third-order valence-corrected chi connectivity index (χ3v) is 1.98. The fourth-order valence-corrected chi connectivity index (χ4v) is 1.29. The molecule has 0 aromatic carbocycles. The normalized spacial score (nSPS) is 21.9. The van der Waals surface area contributed by atoms with Gasteiger partial charge in [0.25, 0.3) is 0 Å². The Hall–Kier alpha value is -0.610. The van der Waals surface area contributed by atoms with E-state index in [0.29, 0.717) is 26.2 Å². The van der Waals surface area contributed by atoms with Crippen molar-refractivity contribution < 1.29 is 14.3 Å². The molecule has 76 valence electrons. The van der Waals surface area contributed by atoms with Crippen LogP contribution in [0.2, 0.25) is 0 Å². The summed E-state index contributed by atoms with van der Waals surface area (Å²) in [7, 11) is 0. The molecule has 1 atom stereocenters. The van der Waals surface area contributed by atoms with Crippen LogP contribution in [0, 0.1) is 0 Å². The lowest BCUT2D eigenvalue weighted by molar-refractivity contribution is -0.119. The molecule has 13 heavy (non-hydrogen) atoms. The van der Waals surface area contributed by atoms with Crippen molar-refractivity contribution in [1.29, 1.82) is 0 Å². The Morgan fingerprint density at radius 3 is 2.85 bits per heavy atom. The summed E-state index contributed by atoms with van der Waals surface area (Å²) in [5.41, 5.74) is 0. The first kappa shape index (κ1) is 10.5. The van der Waals surface area contributed by atoms with Gasteiger partial charge in [-0.3, -0.25) is 4.79 Å². The highest BCUT2D eigenvalue weighted by Gasteiger charge is 2.20. The van der Waals surface area contributed by atoms with Crippen LogP contribution >= 0.6 is 0 Å². The molecule has 0 unspecified atom stereocenters. The van der Waals surface area contributed by atoms with Crippen molar-refractivity contribution in [1.82, 2.24) is 5.32 Å². The van der Waals surface area contributed by atoms with Crippen molar-refractivity contribution in [3.05, 3.63) is 0 Å². The average molecular weight is 187 g/mol. The van der Waals surface area contributed by atoms with E-state index in [1.807, 2.05) is 6.92 Å². The molecule has 1 rings (SSSR count). The summed E-state index contributed by atoms with van der Waals surface area (Å²) in [6.45, 7) is 4.54. The zero-order valence-electron chi connectivity index (χ0n) is 8.04. The second-order valence-electron chi connectivity index (χ2n) is 3.07. The van der Waals surface area contributed by atoms with Gasteiger partial charge in [0.1, 0.15) is 0 Å². The molecule has 4 nitrogen and oxygen atoms in total. The number of nitrogens with one attached hydrogen (secondary N) is 1. The molecule has 0 radical (unpaired) electrons. The largest absolute Gasteiger partial charge is 0.379 e. The molecule has 0 aliphatic carbocycles. The fraction of sp³-hybridized carbons (Fsp3) is 0.889. The summed E-state index contributed by atoms with van der Waals surface area (Å²) in [5, 5.41) is 2.84. The number of ether oxygens (including phenoxy) is 2. The third-order valence-electron chi connectivity index (χ3n) is 1.98. The van der Waals surface area contributed by atoms with Crippen molar-refractivity contribution in [3.63, 3.8) is 0 Å². The van der Waals surface area contributed by atoms with Gasteiger partial charge in [0.15, 0.2) is 0 Å². The topological polar surface area (TPSA) is 47.6 Å². The summed E-state index contributed by atoms with van der Waals surface area (Å²) in [6.07, 6.45) is 1.53. The Kier molecular flexibility index (Phi) is 4.78. The molecule has 1 aliphatic rings. The average Bonchev–Trinajstić information content (AvgIpc) is 2.51. The Morgan fingerprint density at radius 1 is 1.46 bits per heavy atom. The molecule has 1 aliphatic heterocycles. The third kappa shape index (κ3) is 4.24. The Morgan fingerprint density at radius 2 is 2.23 bits per heavy atom. The van der Waals surface area contributed by atoms with E-state index in [9.17, 15) is 4.79 Å². The molecule has 0 aromatic rings. The zero-order chi connectivity index (χ0) is 9.52. The molecular weight excluding hydrogens is 170 g/mol. The number of rotatable bonds is 6. The van der Waals surface area contributed by atoms with Crippen LogP contribution in [0.25, 0.3) is 0 Å². The molecule has 1 fully saturated rings. The lowest BCUT2D eigenvalue weighted by Gasteiger charge is -2.10. The van der Waals surface area contributed by atoms with Gasteiger partial charge in [-0.2, -0.15) is 0 Å². The van der Waals surface area contributed by atoms with Crippen LogP contribution in [0.15, 0.2) is 0 Å². The maximum Gasteiger partial charge on any atom is 0.220 e. The summed E-state index contributed by atoms with van der Waals surface area (Å²) < 4.78 is 10.4. The molecule has 0 spiro atoms. The molecule has 1 N–H and O–H groups in total. The molecule has 1 saturated heterocycles. The molecule has 0 saturated carbocycles. The van der Waals surface area contributed by atoms with Crippen LogP contribution in [0.1, 0.15) is 19.8 Å². The van der Waals surface area contributed by atoms with Gasteiger partial charge < -0.3 is 14.8 Å². The number of amides is 1. The van der Waals surface area contributed by atoms with E-state index < -0.39 is 0 Å². The molecule has 1 heterocycles. The van der Waals surface area contributed by atoms with Crippen LogP contribution in [0.5, 0.6) is 0 Å². The molecule has 1 amide bonds. The first-order valence-electron chi connectivity index (χ1n) is 4.77. The molecular formula is C9H17NO3. The number of hydrogen-bond donors (Lipinski definition) is 1. The summed E-state index contributed by atoms with van der Waals surface area (Å²) >= 11 is 0. The monoisotopic (exact) mass is 187 g/mol. The van der Waals surface area contributed by atoms with E-state index in [2.05, 4.69) is 5.32 Å². The van der Waals surface area contributed by atoms with Crippen molar-refractivity contribution in [2.75, 3.05) is 26.4 Å². The van der Waals surface area contributed by atoms with Crippen LogP contribution in [0.4, 0.5) is 0 Å². The van der Waals surface area contributed by atoms with Crippen LogP contribution in [-0.2, 0) is 14.3 Å². The van der Waals surface area contributed by atoms with E-state index in [-0.39, 0.29) is 11.9 Å². The number of carbonyl (C=O) groups excluding carboxylic acids is 1. The van der Waals surface area contributed by atoms with Gasteiger partial charge in [0, 0.05) is 13.0 Å². The molecule has 0 bridgehead atoms. The van der Waals surface area contributed by atoms with E-state index in [0.717, 1.165) is 13.0 Å². The highest BCUT2D eigenvalue weighted by molar-refractivity contribution is 5.78. The standard InChI is InChI=1S/C9H17NO3/c1-2-12-5-6-13-7-8-3-4-9(11)10-8/h8H,2-7H2,1H3,(H,10,11)/t8-/m1/s1. The minimum Gasteiger partial charge on any atom is -0.379 e. The minimum atomic E-state index is 0.137. The highest BCUT2D eigenvalue weighted by Crippen LogP contribution is 2.06. The van der Waals surface area contributed by atoms with Crippen LogP contribution in [0.3, 0.4) is 0 Å². The lowest BCUT2D eigenvalue weighted by atomic mass is 10.2. The summed E-state index contributed by atoms with van der Waals surface area (Å²) in [6, 6.07) is 0.217. The predicted molar refractivity (Wildman–Crippen MR) is 48.5 cm³/mol.